The van der Waals surface area contributed by atoms with Gasteiger partial charge in [-0.15, -0.1) is 0 Å². The van der Waals surface area contributed by atoms with Gasteiger partial charge in [-0.2, -0.15) is 5.10 Å². The normalized spacial score (nSPS) is 10.5. The van der Waals surface area contributed by atoms with E-state index in [9.17, 15) is 19.8 Å². The van der Waals surface area contributed by atoms with Crippen molar-refractivity contribution in [3.05, 3.63) is 53.1 Å². The van der Waals surface area contributed by atoms with Gasteiger partial charge in [-0.25, -0.2) is 0 Å². The summed E-state index contributed by atoms with van der Waals surface area (Å²) in [7, 11) is 2.70. The Balaban J connectivity index is 2.30. The highest BCUT2D eigenvalue weighted by atomic mass is 16.5. The molecule has 2 rings (SSSR count). The molecule has 130 valence electrons. The van der Waals surface area contributed by atoms with Crippen molar-refractivity contribution in [1.29, 1.82) is 0 Å². The predicted octanol–water partition coefficient (Wildman–Crippen LogP) is -0.123. The van der Waals surface area contributed by atoms with E-state index in [0.29, 0.717) is 5.69 Å². The van der Waals surface area contributed by atoms with Crippen LogP contribution in [0.5, 0.6) is 11.5 Å². The Morgan fingerprint density at radius 3 is 2.44 bits per heavy atom. The average Bonchev–Trinajstić information content (AvgIpc) is 2.61. The molecule has 0 radical (unpaired) electrons. The van der Waals surface area contributed by atoms with Gasteiger partial charge < -0.3 is 29.3 Å². The molecule has 0 saturated heterocycles. The number of hydrogen-bond acceptors (Lipinski definition) is 8. The number of carboxylic acid groups (broad SMARTS) is 2. The molecule has 0 amide bonds. The zero-order chi connectivity index (χ0) is 18.4. The van der Waals surface area contributed by atoms with Crippen molar-refractivity contribution >= 4 is 23.8 Å². The first-order valence-electron chi connectivity index (χ1n) is 7.04. The lowest BCUT2D eigenvalue weighted by Crippen LogP contribution is -2.25. The monoisotopic (exact) mass is 342 g/mol. The second-order valence-electron chi connectivity index (χ2n) is 4.79. The van der Waals surface area contributed by atoms with Gasteiger partial charge in [0.05, 0.1) is 43.6 Å². The van der Waals surface area contributed by atoms with E-state index in [0.717, 1.165) is 0 Å². The molecule has 0 unspecified atom stereocenters. The van der Waals surface area contributed by atoms with Crippen LogP contribution < -0.4 is 25.1 Å². The highest BCUT2D eigenvalue weighted by Gasteiger charge is 2.14. The van der Waals surface area contributed by atoms with Crippen LogP contribution in [0.15, 0.2) is 41.5 Å². The molecule has 25 heavy (non-hydrogen) atoms. The van der Waals surface area contributed by atoms with Crippen molar-refractivity contribution in [3.8, 4) is 11.5 Å². The van der Waals surface area contributed by atoms with Crippen molar-refractivity contribution < 1.29 is 29.3 Å². The van der Waals surface area contributed by atoms with Gasteiger partial charge in [-0.3, -0.25) is 5.43 Å². The lowest BCUT2D eigenvalue weighted by Gasteiger charge is -2.15. The predicted molar refractivity (Wildman–Crippen MR) is 85.9 cm³/mol. The number of nitrogens with zero attached hydrogens (tertiary/aromatic N) is 1. The molecule has 0 aliphatic heterocycles. The SMILES string of the molecule is COc1ccc(/C=N\Nc2cccc(C(=O)[O-])c2)c(C(=O)[O-])c1OC. The van der Waals surface area contributed by atoms with Crippen molar-refractivity contribution in [2.24, 2.45) is 5.10 Å². The summed E-state index contributed by atoms with van der Waals surface area (Å²) < 4.78 is 10.1. The van der Waals surface area contributed by atoms with Gasteiger partial charge in [0.2, 0.25) is 0 Å². The van der Waals surface area contributed by atoms with E-state index in [-0.39, 0.29) is 28.2 Å². The maximum Gasteiger partial charge on any atom is 0.170 e. The second kappa shape index (κ2) is 7.82. The topological polar surface area (TPSA) is 123 Å². The van der Waals surface area contributed by atoms with Crippen LogP contribution in [0, 0.1) is 0 Å². The number of aromatic carboxylic acids is 2. The Morgan fingerprint density at radius 1 is 1.08 bits per heavy atom. The Labute approximate surface area is 143 Å². The summed E-state index contributed by atoms with van der Waals surface area (Å²) in [6.07, 6.45) is 1.25. The van der Waals surface area contributed by atoms with Crippen LogP contribution in [0.2, 0.25) is 0 Å². The molecule has 0 aliphatic carbocycles. The molecule has 0 saturated carbocycles. The number of ether oxygens (including phenoxy) is 2. The molecule has 2 aromatic carbocycles. The molecule has 8 nitrogen and oxygen atoms in total. The molecule has 0 bridgehead atoms. The maximum absolute atomic E-state index is 11.4. The number of hydrazone groups is 1. The number of methoxy groups -OCH3 is 2. The minimum Gasteiger partial charge on any atom is -0.545 e. The standard InChI is InChI=1S/C17H16N2O6/c1-24-13-7-6-11(14(17(22)23)15(13)25-2)9-18-19-12-5-3-4-10(8-12)16(20)21/h3-9,19H,1-2H3,(H,20,21)(H,22,23)/p-2/b18-9-. The van der Waals surface area contributed by atoms with Gasteiger partial charge in [0.15, 0.2) is 11.5 Å². The number of benzene rings is 2. The Kier molecular flexibility index (Phi) is 5.57. The van der Waals surface area contributed by atoms with Crippen molar-refractivity contribution in [1.82, 2.24) is 0 Å². The molecule has 0 spiro atoms. The third-order valence-electron chi connectivity index (χ3n) is 3.28. The molecule has 0 atom stereocenters. The number of nitrogens with one attached hydrogen (secondary N) is 1. The summed E-state index contributed by atoms with van der Waals surface area (Å²) in [5, 5.41) is 26.2. The zero-order valence-electron chi connectivity index (χ0n) is 13.4. The minimum absolute atomic E-state index is 0.0123. The number of hydrogen-bond donors (Lipinski definition) is 1. The summed E-state index contributed by atoms with van der Waals surface area (Å²) in [6.45, 7) is 0. The van der Waals surface area contributed by atoms with Crippen LogP contribution in [-0.4, -0.2) is 32.4 Å². The van der Waals surface area contributed by atoms with E-state index in [1.54, 1.807) is 6.07 Å². The maximum atomic E-state index is 11.4. The number of anilines is 1. The van der Waals surface area contributed by atoms with Crippen LogP contribution in [0.4, 0.5) is 5.69 Å². The Hall–Kier alpha value is -3.55. The largest absolute Gasteiger partial charge is 0.545 e. The highest BCUT2D eigenvalue weighted by Crippen LogP contribution is 2.32. The van der Waals surface area contributed by atoms with E-state index in [4.69, 9.17) is 9.47 Å². The molecule has 2 aromatic rings. The summed E-state index contributed by atoms with van der Waals surface area (Å²) in [4.78, 5) is 22.2. The second-order valence-corrected chi connectivity index (χ2v) is 4.79. The smallest absolute Gasteiger partial charge is 0.170 e. The third kappa shape index (κ3) is 4.05. The van der Waals surface area contributed by atoms with Crippen LogP contribution in [-0.2, 0) is 0 Å². The van der Waals surface area contributed by atoms with E-state index >= 15 is 0 Å². The van der Waals surface area contributed by atoms with Gasteiger partial charge in [-0.05, 0) is 29.8 Å². The zero-order valence-corrected chi connectivity index (χ0v) is 13.4. The van der Waals surface area contributed by atoms with E-state index in [1.807, 2.05) is 0 Å². The molecular formula is C17H14N2O6-2. The van der Waals surface area contributed by atoms with Crippen LogP contribution in [0.1, 0.15) is 26.3 Å². The van der Waals surface area contributed by atoms with Crippen LogP contribution in [0.3, 0.4) is 0 Å². The fourth-order valence-electron chi connectivity index (χ4n) is 2.15. The average molecular weight is 342 g/mol. The molecule has 0 fully saturated rings. The van der Waals surface area contributed by atoms with Crippen LogP contribution >= 0.6 is 0 Å². The minimum atomic E-state index is -1.45. The van der Waals surface area contributed by atoms with E-state index in [2.05, 4.69) is 10.5 Å². The van der Waals surface area contributed by atoms with E-state index in [1.165, 1.54) is 50.8 Å². The molecule has 0 heterocycles. The van der Waals surface area contributed by atoms with Crippen molar-refractivity contribution in [2.75, 3.05) is 19.6 Å². The van der Waals surface area contributed by atoms with Gasteiger partial charge in [0.25, 0.3) is 0 Å². The summed E-state index contributed by atoms with van der Waals surface area (Å²) in [5.74, 6) is -2.50. The molecule has 8 heteroatoms. The van der Waals surface area contributed by atoms with E-state index < -0.39 is 11.9 Å². The summed E-state index contributed by atoms with van der Waals surface area (Å²) in [6, 6.07) is 8.84. The number of carbonyl (C=O) groups is 2. The molecule has 0 aliphatic rings. The van der Waals surface area contributed by atoms with Gasteiger partial charge in [-0.1, -0.05) is 12.1 Å². The third-order valence-corrected chi connectivity index (χ3v) is 3.28. The molecule has 0 aromatic heterocycles. The fourth-order valence-corrected chi connectivity index (χ4v) is 2.15. The quantitative estimate of drug-likeness (QED) is 0.549. The van der Waals surface area contributed by atoms with Crippen molar-refractivity contribution in [2.45, 2.75) is 0 Å². The van der Waals surface area contributed by atoms with Gasteiger partial charge >= 0.3 is 0 Å². The number of carboxylic acids is 2. The lowest BCUT2D eigenvalue weighted by atomic mass is 10.1. The molecule has 1 N–H and O–H groups in total. The summed E-state index contributed by atoms with van der Waals surface area (Å²) >= 11 is 0. The summed E-state index contributed by atoms with van der Waals surface area (Å²) in [5.41, 5.74) is 3.01. The van der Waals surface area contributed by atoms with Crippen LogP contribution in [0.25, 0.3) is 0 Å². The van der Waals surface area contributed by atoms with Crippen molar-refractivity contribution in [3.63, 3.8) is 0 Å². The molecular weight excluding hydrogens is 328 g/mol. The fraction of sp³-hybridized carbons (Fsp3) is 0.118. The lowest BCUT2D eigenvalue weighted by molar-refractivity contribution is -0.256. The first kappa shape index (κ1) is 17.8. The number of rotatable bonds is 7. The Morgan fingerprint density at radius 2 is 1.84 bits per heavy atom. The Bertz CT molecular complexity index is 832. The highest BCUT2D eigenvalue weighted by molar-refractivity contribution is 6.01. The first-order valence-corrected chi connectivity index (χ1v) is 7.04. The van der Waals surface area contributed by atoms with Gasteiger partial charge in [0, 0.05) is 5.56 Å². The van der Waals surface area contributed by atoms with Gasteiger partial charge in [0.1, 0.15) is 0 Å². The number of carbonyl (C=O) groups excluding carboxylic acids is 2. The first-order chi connectivity index (χ1) is 12.0.